The highest BCUT2D eigenvalue weighted by atomic mass is 16.5. The molecular weight excluding hydrogens is 304 g/mol. The third-order valence-electron chi connectivity index (χ3n) is 3.87. The van der Waals surface area contributed by atoms with E-state index in [2.05, 4.69) is 5.32 Å². The molecule has 3 aromatic rings. The highest BCUT2D eigenvalue weighted by Gasteiger charge is 2.08. The van der Waals surface area contributed by atoms with Crippen LogP contribution in [0.1, 0.15) is 5.56 Å². The van der Waals surface area contributed by atoms with Gasteiger partial charge in [0.15, 0.2) is 5.43 Å². The Hall–Kier alpha value is -3.08. The van der Waals surface area contributed by atoms with Gasteiger partial charge in [-0.25, -0.2) is 0 Å². The fraction of sp³-hybridized carbons (Fsp3) is 0.158. The van der Waals surface area contributed by atoms with Crippen LogP contribution in [0.4, 0.5) is 0 Å². The fourth-order valence-corrected chi connectivity index (χ4v) is 2.65. The first-order valence-electron chi connectivity index (χ1n) is 7.66. The maximum Gasteiger partial charge on any atom is 0.240 e. The van der Waals surface area contributed by atoms with E-state index < -0.39 is 0 Å². The van der Waals surface area contributed by atoms with Crippen LogP contribution >= 0.6 is 0 Å². The minimum atomic E-state index is -0.130. The van der Waals surface area contributed by atoms with Crippen LogP contribution < -0.4 is 15.5 Å². The highest BCUT2D eigenvalue weighted by Crippen LogP contribution is 2.16. The van der Waals surface area contributed by atoms with E-state index in [4.69, 9.17) is 4.74 Å². The maximum absolute atomic E-state index is 12.3. The van der Waals surface area contributed by atoms with Crippen molar-refractivity contribution in [1.29, 1.82) is 0 Å². The molecule has 0 unspecified atom stereocenters. The molecule has 5 nitrogen and oxygen atoms in total. The number of para-hydroxylation sites is 2. The summed E-state index contributed by atoms with van der Waals surface area (Å²) in [4.78, 5) is 24.1. The summed E-state index contributed by atoms with van der Waals surface area (Å²) in [5.41, 5.74) is 1.62. The van der Waals surface area contributed by atoms with Crippen LogP contribution in [0.2, 0.25) is 0 Å². The van der Waals surface area contributed by atoms with Crippen molar-refractivity contribution in [2.45, 2.75) is 13.1 Å². The lowest BCUT2D eigenvalue weighted by Crippen LogP contribution is -2.27. The minimum absolute atomic E-state index is 0.0451. The van der Waals surface area contributed by atoms with Gasteiger partial charge >= 0.3 is 0 Å². The van der Waals surface area contributed by atoms with Gasteiger partial charge in [-0.2, -0.15) is 0 Å². The lowest BCUT2D eigenvalue weighted by atomic mass is 10.2. The Bertz CT molecular complexity index is 931. The number of pyridine rings is 1. The molecule has 0 aliphatic carbocycles. The van der Waals surface area contributed by atoms with Crippen LogP contribution in [-0.4, -0.2) is 17.6 Å². The average Bonchev–Trinajstić information content (AvgIpc) is 2.63. The van der Waals surface area contributed by atoms with E-state index in [0.717, 1.165) is 16.8 Å². The standard InChI is InChI=1S/C19H18N2O3/c1-24-18-9-5-2-6-14(18)12-20-19(23)13-21-11-10-17(22)15-7-3-4-8-16(15)21/h2-11H,12-13H2,1H3,(H,20,23). The third kappa shape index (κ3) is 3.30. The van der Waals surface area contributed by atoms with Crippen molar-refractivity contribution >= 4 is 16.8 Å². The second-order valence-corrected chi connectivity index (χ2v) is 5.41. The molecule has 0 atom stereocenters. The molecule has 1 N–H and O–H groups in total. The summed E-state index contributed by atoms with van der Waals surface area (Å²) in [5.74, 6) is 0.612. The van der Waals surface area contributed by atoms with Crippen molar-refractivity contribution in [3.05, 3.63) is 76.6 Å². The number of aromatic nitrogens is 1. The van der Waals surface area contributed by atoms with Crippen molar-refractivity contribution in [1.82, 2.24) is 9.88 Å². The van der Waals surface area contributed by atoms with Crippen molar-refractivity contribution < 1.29 is 9.53 Å². The van der Waals surface area contributed by atoms with Gasteiger partial charge in [0, 0.05) is 29.8 Å². The minimum Gasteiger partial charge on any atom is -0.496 e. The molecule has 122 valence electrons. The van der Waals surface area contributed by atoms with Crippen LogP contribution in [0.25, 0.3) is 10.9 Å². The molecule has 0 fully saturated rings. The van der Waals surface area contributed by atoms with Crippen LogP contribution in [0.15, 0.2) is 65.6 Å². The van der Waals surface area contributed by atoms with Gasteiger partial charge in [0.25, 0.3) is 0 Å². The predicted molar refractivity (Wildman–Crippen MR) is 93.0 cm³/mol. The van der Waals surface area contributed by atoms with Crippen LogP contribution in [0.5, 0.6) is 5.75 Å². The summed E-state index contributed by atoms with van der Waals surface area (Å²) in [6.07, 6.45) is 1.65. The number of nitrogens with one attached hydrogen (secondary N) is 1. The Labute approximate surface area is 139 Å². The highest BCUT2D eigenvalue weighted by molar-refractivity contribution is 5.82. The fourth-order valence-electron chi connectivity index (χ4n) is 2.65. The zero-order valence-corrected chi connectivity index (χ0v) is 13.4. The molecule has 0 aliphatic heterocycles. The average molecular weight is 322 g/mol. The van der Waals surface area contributed by atoms with Crippen LogP contribution in [-0.2, 0) is 17.9 Å². The quantitative estimate of drug-likeness (QED) is 0.784. The Kier molecular flexibility index (Phi) is 4.61. The number of ether oxygens (including phenoxy) is 1. The lowest BCUT2D eigenvalue weighted by molar-refractivity contribution is -0.121. The molecular formula is C19H18N2O3. The van der Waals surface area contributed by atoms with Gasteiger partial charge in [0.05, 0.1) is 12.6 Å². The first-order valence-corrected chi connectivity index (χ1v) is 7.66. The van der Waals surface area contributed by atoms with Gasteiger partial charge in [-0.1, -0.05) is 30.3 Å². The van der Waals surface area contributed by atoms with Crippen molar-refractivity contribution in [2.24, 2.45) is 0 Å². The van der Waals surface area contributed by atoms with E-state index in [1.165, 1.54) is 6.07 Å². The summed E-state index contributed by atoms with van der Waals surface area (Å²) in [7, 11) is 1.60. The molecule has 0 bridgehead atoms. The topological polar surface area (TPSA) is 60.3 Å². The molecule has 0 saturated carbocycles. The second kappa shape index (κ2) is 7.00. The molecule has 0 saturated heterocycles. The SMILES string of the molecule is COc1ccccc1CNC(=O)Cn1ccc(=O)c2ccccc21. The Morgan fingerprint density at radius 2 is 1.83 bits per heavy atom. The number of methoxy groups -OCH3 is 1. The number of benzene rings is 2. The number of hydrogen-bond acceptors (Lipinski definition) is 3. The zero-order chi connectivity index (χ0) is 16.9. The number of carbonyl (C=O) groups is 1. The molecule has 24 heavy (non-hydrogen) atoms. The van der Waals surface area contributed by atoms with Gasteiger partial charge in [0.1, 0.15) is 12.3 Å². The number of hydrogen-bond donors (Lipinski definition) is 1. The van der Waals surface area contributed by atoms with Gasteiger partial charge in [-0.15, -0.1) is 0 Å². The number of nitrogens with zero attached hydrogens (tertiary/aromatic N) is 1. The van der Waals surface area contributed by atoms with Gasteiger partial charge < -0.3 is 14.6 Å². The predicted octanol–water partition coefficient (Wildman–Crippen LogP) is 2.33. The molecule has 1 amide bonds. The Morgan fingerprint density at radius 1 is 1.08 bits per heavy atom. The number of fused-ring (bicyclic) bond motifs is 1. The third-order valence-corrected chi connectivity index (χ3v) is 3.87. The molecule has 2 aromatic carbocycles. The smallest absolute Gasteiger partial charge is 0.240 e. The molecule has 1 aromatic heterocycles. The maximum atomic E-state index is 12.3. The number of rotatable bonds is 5. The van der Waals surface area contributed by atoms with Crippen molar-refractivity contribution in [3.8, 4) is 5.75 Å². The van der Waals surface area contributed by atoms with Gasteiger partial charge in [-0.05, 0) is 18.2 Å². The Balaban J connectivity index is 1.74. The first kappa shape index (κ1) is 15.8. The van der Waals surface area contributed by atoms with Gasteiger partial charge in [-0.3, -0.25) is 9.59 Å². The van der Waals surface area contributed by atoms with Crippen molar-refractivity contribution in [2.75, 3.05) is 7.11 Å². The molecule has 0 aliphatic rings. The molecule has 0 spiro atoms. The lowest BCUT2D eigenvalue weighted by Gasteiger charge is -2.12. The van der Waals surface area contributed by atoms with Crippen LogP contribution in [0, 0.1) is 0 Å². The summed E-state index contributed by atoms with van der Waals surface area (Å²) in [6.45, 7) is 0.539. The summed E-state index contributed by atoms with van der Waals surface area (Å²) < 4.78 is 7.05. The van der Waals surface area contributed by atoms with E-state index in [1.54, 1.807) is 23.9 Å². The molecule has 3 rings (SSSR count). The van der Waals surface area contributed by atoms with E-state index in [0.29, 0.717) is 11.9 Å². The van der Waals surface area contributed by atoms with Crippen LogP contribution in [0.3, 0.4) is 0 Å². The second-order valence-electron chi connectivity index (χ2n) is 5.41. The summed E-state index contributed by atoms with van der Waals surface area (Å²) in [6, 6.07) is 16.3. The molecule has 0 radical (unpaired) electrons. The summed E-state index contributed by atoms with van der Waals surface area (Å²) >= 11 is 0. The summed E-state index contributed by atoms with van der Waals surface area (Å²) in [5, 5.41) is 3.49. The van der Waals surface area contributed by atoms with Crippen molar-refractivity contribution in [3.63, 3.8) is 0 Å². The van der Waals surface area contributed by atoms with E-state index in [9.17, 15) is 9.59 Å². The monoisotopic (exact) mass is 322 g/mol. The largest absolute Gasteiger partial charge is 0.496 e. The van der Waals surface area contributed by atoms with E-state index >= 15 is 0 Å². The zero-order valence-electron chi connectivity index (χ0n) is 13.4. The van der Waals surface area contributed by atoms with E-state index in [1.807, 2.05) is 42.5 Å². The number of carbonyl (C=O) groups excluding carboxylic acids is 1. The number of amides is 1. The Morgan fingerprint density at radius 3 is 2.67 bits per heavy atom. The van der Waals surface area contributed by atoms with E-state index in [-0.39, 0.29) is 17.9 Å². The van der Waals surface area contributed by atoms with Gasteiger partial charge in [0.2, 0.25) is 5.91 Å². The normalized spacial score (nSPS) is 10.5. The molecule has 5 heteroatoms. The first-order chi connectivity index (χ1) is 11.7. The molecule has 1 heterocycles.